The predicted octanol–water partition coefficient (Wildman–Crippen LogP) is 1.03. The lowest BCUT2D eigenvalue weighted by Gasteiger charge is -2.50. The Bertz CT molecular complexity index is 2160. The van der Waals surface area contributed by atoms with Crippen LogP contribution in [0.3, 0.4) is 0 Å². The number of rotatable bonds is 11. The van der Waals surface area contributed by atoms with Gasteiger partial charge in [-0.3, -0.25) is 24.1 Å². The van der Waals surface area contributed by atoms with Gasteiger partial charge in [0.1, 0.15) is 23.2 Å². The summed E-state index contributed by atoms with van der Waals surface area (Å²) >= 11 is 2.41. The van der Waals surface area contributed by atoms with E-state index in [9.17, 15) is 29.1 Å². The van der Waals surface area contributed by atoms with Crippen molar-refractivity contribution >= 4 is 69.2 Å². The molecule has 4 amide bonds. The normalized spacial score (nSPS) is 21.9. The van der Waals surface area contributed by atoms with Crippen LogP contribution in [0.1, 0.15) is 48.9 Å². The second kappa shape index (κ2) is 15.3. The van der Waals surface area contributed by atoms with E-state index in [0.29, 0.717) is 37.2 Å². The van der Waals surface area contributed by atoms with E-state index in [4.69, 9.17) is 10.6 Å². The number of benzene rings is 1. The summed E-state index contributed by atoms with van der Waals surface area (Å²) in [6, 6.07) is 10.7. The summed E-state index contributed by atoms with van der Waals surface area (Å²) in [6.07, 6.45) is 9.96. The molecule has 3 aromatic rings. The number of pyridine rings is 1. The minimum Gasteiger partial charge on any atom is -0.543 e. The number of carbonyl (C=O) groups excluding carboxylic acids is 5. The average Bonchev–Trinajstić information content (AvgIpc) is 4.01. The summed E-state index contributed by atoms with van der Waals surface area (Å²) in [5.41, 5.74) is 9.31. The van der Waals surface area contributed by atoms with Gasteiger partial charge in [-0.15, -0.1) is 23.1 Å². The zero-order valence-corrected chi connectivity index (χ0v) is 31.4. The van der Waals surface area contributed by atoms with Gasteiger partial charge >= 0.3 is 0 Å². The van der Waals surface area contributed by atoms with Crippen molar-refractivity contribution in [2.75, 3.05) is 29.5 Å². The first-order valence-electron chi connectivity index (χ1n) is 18.2. The molecule has 0 radical (unpaired) electrons. The van der Waals surface area contributed by atoms with Crippen LogP contribution in [0, 0.1) is 0 Å². The first-order chi connectivity index (χ1) is 26.6. The van der Waals surface area contributed by atoms with Gasteiger partial charge in [0.25, 0.3) is 17.7 Å². The van der Waals surface area contributed by atoms with E-state index in [1.54, 1.807) is 16.4 Å². The number of carboxylic acid groups (broad SMARTS) is 1. The summed E-state index contributed by atoms with van der Waals surface area (Å²) in [6.45, 7) is 1.63. The largest absolute Gasteiger partial charge is 0.543 e. The Labute approximate surface area is 324 Å². The summed E-state index contributed by atoms with van der Waals surface area (Å²) in [7, 11) is 0. The molecule has 6 heterocycles. The van der Waals surface area contributed by atoms with Gasteiger partial charge in [-0.2, -0.15) is 4.57 Å². The third-order valence-corrected chi connectivity index (χ3v) is 12.4. The lowest BCUT2D eigenvalue weighted by atomic mass is 10.0. The molecule has 2 aromatic heterocycles. The molecule has 4 aliphatic heterocycles. The molecular weight excluding hydrogens is 745 g/mol. The number of nitrogen functional groups attached to an aromatic ring is 1. The SMILES string of the molecule is Nc1nc(/C(=N/OC2CCCC2)C(=O)N[C@@H]2C(=O)N3C(C(=O)[O-])=C(C=C4CCN(Cc5cc[n+](CC(=O)N6CCc7ccccc76)cc5)C4=O)CS[C@H]23)cs1. The minimum atomic E-state index is -1.55. The van der Waals surface area contributed by atoms with Crippen molar-refractivity contribution in [3.05, 3.63) is 93.9 Å². The Morgan fingerprint density at radius 3 is 2.62 bits per heavy atom. The number of nitrogens with two attached hydrogens (primary N) is 1. The first kappa shape index (κ1) is 36.4. The number of para-hydroxylation sites is 1. The molecule has 2 atom stereocenters. The van der Waals surface area contributed by atoms with Crippen LogP contribution >= 0.6 is 23.1 Å². The van der Waals surface area contributed by atoms with Crippen LogP contribution in [0.25, 0.3) is 0 Å². The number of anilines is 2. The second-order valence-corrected chi connectivity index (χ2v) is 16.0. The van der Waals surface area contributed by atoms with E-state index < -0.39 is 29.2 Å². The van der Waals surface area contributed by atoms with Crippen molar-refractivity contribution < 1.29 is 38.5 Å². The number of aromatic nitrogens is 2. The summed E-state index contributed by atoms with van der Waals surface area (Å²) in [5.74, 6) is -2.91. The molecule has 8 rings (SSSR count). The van der Waals surface area contributed by atoms with E-state index >= 15 is 0 Å². The highest BCUT2D eigenvalue weighted by Gasteiger charge is 2.53. The van der Waals surface area contributed by atoms with Crippen LogP contribution in [0.4, 0.5) is 10.8 Å². The van der Waals surface area contributed by atoms with Crippen LogP contribution in [0.15, 0.2) is 82.2 Å². The number of carboxylic acids is 1. The molecule has 0 bridgehead atoms. The highest BCUT2D eigenvalue weighted by Crippen LogP contribution is 2.41. The molecule has 1 aromatic carbocycles. The molecule has 1 saturated carbocycles. The van der Waals surface area contributed by atoms with Gasteiger partial charge in [-0.05, 0) is 67.4 Å². The molecular formula is C38H38N8O7S2. The van der Waals surface area contributed by atoms with E-state index in [2.05, 4.69) is 15.5 Å². The second-order valence-electron chi connectivity index (χ2n) is 14.0. The van der Waals surface area contributed by atoms with Crippen molar-refractivity contribution in [3.63, 3.8) is 0 Å². The fraction of sp³-hybridized carbons (Fsp3) is 0.368. The quantitative estimate of drug-likeness (QED) is 0.0933. The Morgan fingerprint density at radius 2 is 1.87 bits per heavy atom. The summed E-state index contributed by atoms with van der Waals surface area (Å²) < 4.78 is 1.81. The van der Waals surface area contributed by atoms with Crippen LogP contribution in [-0.2, 0) is 48.3 Å². The third-order valence-electron chi connectivity index (χ3n) is 10.5. The number of amides is 4. The molecule has 3 fully saturated rings. The number of oxime groups is 1. The Morgan fingerprint density at radius 1 is 1.09 bits per heavy atom. The molecule has 15 nitrogen and oxygen atoms in total. The van der Waals surface area contributed by atoms with Gasteiger partial charge in [-0.1, -0.05) is 23.4 Å². The Hall–Kier alpha value is -5.55. The maximum absolute atomic E-state index is 13.5. The number of thioether (sulfide) groups is 1. The number of carbonyl (C=O) groups is 5. The van der Waals surface area contributed by atoms with Gasteiger partial charge in [0.2, 0.25) is 12.5 Å². The number of thiazole rings is 1. The number of nitrogens with one attached hydrogen (secondary N) is 1. The van der Waals surface area contributed by atoms with Gasteiger partial charge in [0.05, 0.1) is 11.7 Å². The molecule has 17 heteroatoms. The van der Waals surface area contributed by atoms with Gasteiger partial charge in [-0.25, -0.2) is 4.98 Å². The molecule has 3 N–H and O–H groups in total. The van der Waals surface area contributed by atoms with Crippen molar-refractivity contribution in [1.82, 2.24) is 20.1 Å². The van der Waals surface area contributed by atoms with E-state index in [1.165, 1.54) is 17.3 Å². The highest BCUT2D eigenvalue weighted by atomic mass is 32.2. The van der Waals surface area contributed by atoms with E-state index in [0.717, 1.165) is 59.6 Å². The molecule has 0 spiro atoms. The third kappa shape index (κ3) is 7.33. The van der Waals surface area contributed by atoms with Crippen LogP contribution in [-0.4, -0.2) is 86.5 Å². The zero-order chi connectivity index (χ0) is 38.2. The number of likely N-dealkylation sites (tertiary alicyclic amines) is 1. The van der Waals surface area contributed by atoms with Gasteiger partial charge < -0.3 is 35.6 Å². The fourth-order valence-electron chi connectivity index (χ4n) is 7.59. The van der Waals surface area contributed by atoms with Crippen molar-refractivity contribution in [1.29, 1.82) is 0 Å². The number of nitrogens with zero attached hydrogens (tertiary/aromatic N) is 6. The number of allylic oxidation sites excluding steroid dienone is 1. The Balaban J connectivity index is 0.904. The van der Waals surface area contributed by atoms with Crippen LogP contribution in [0.5, 0.6) is 0 Å². The maximum Gasteiger partial charge on any atom is 0.292 e. The Kier molecular flexibility index (Phi) is 10.1. The first-order valence-corrected chi connectivity index (χ1v) is 20.1. The molecule has 0 unspecified atom stereocenters. The number of β-lactam (4-membered cyclic amide) rings is 1. The minimum absolute atomic E-state index is 0.00549. The number of fused-ring (bicyclic) bond motifs is 2. The molecule has 5 aliphatic rings. The maximum atomic E-state index is 13.5. The number of hydrogen-bond acceptors (Lipinski definition) is 12. The fourth-order valence-corrected chi connectivity index (χ4v) is 9.45. The van der Waals surface area contributed by atoms with Gasteiger partial charge in [0, 0.05) is 54.2 Å². The van der Waals surface area contributed by atoms with Crippen molar-refractivity contribution in [3.8, 4) is 0 Å². The zero-order valence-electron chi connectivity index (χ0n) is 29.7. The number of hydrogen-bond donors (Lipinski definition) is 2. The predicted molar refractivity (Wildman–Crippen MR) is 201 cm³/mol. The van der Waals surface area contributed by atoms with Crippen molar-refractivity contribution in [2.45, 2.75) is 69.1 Å². The topological polar surface area (TPSA) is 195 Å². The lowest BCUT2D eigenvalue weighted by Crippen LogP contribution is -2.71. The standard InChI is InChI=1S/C38H38N8O7S2/c39-38-40-27(21-55-38)30(42-53-26-6-2-3-7-26)33(48)41-31-35(50)46-32(37(51)52)25(20-54-36(31)46)17-24-11-15-44(34(24)49)18-22-9-13-43(14-10-22)19-29(47)45-16-12-23-5-1-4-8-28(23)45/h1,4-5,8-10,13-14,17,21,26,31,36H,2-3,6-7,11-12,15-16,18-20H2,(H3-,39,40,41,48,51,52)/b24-17?,42-30-/t31-,36-/m1/s1. The van der Waals surface area contributed by atoms with Crippen molar-refractivity contribution in [2.24, 2.45) is 5.16 Å². The molecule has 1 aliphatic carbocycles. The highest BCUT2D eigenvalue weighted by molar-refractivity contribution is 8.00. The molecule has 284 valence electrons. The lowest BCUT2D eigenvalue weighted by molar-refractivity contribution is -0.684. The van der Waals surface area contributed by atoms with Gasteiger partial charge in [0.15, 0.2) is 23.2 Å². The average molecular weight is 783 g/mol. The number of aliphatic carboxylic acids is 1. The smallest absolute Gasteiger partial charge is 0.292 e. The van der Waals surface area contributed by atoms with Crippen LogP contribution < -0.4 is 25.6 Å². The monoisotopic (exact) mass is 782 g/mol. The van der Waals surface area contributed by atoms with E-state index in [-0.39, 0.29) is 52.5 Å². The summed E-state index contributed by atoms with van der Waals surface area (Å²) in [5, 5.41) is 20.4. The molecule has 2 saturated heterocycles. The van der Waals surface area contributed by atoms with E-state index in [1.807, 2.05) is 58.3 Å². The summed E-state index contributed by atoms with van der Waals surface area (Å²) in [4.78, 5) is 80.3. The molecule has 55 heavy (non-hydrogen) atoms. The van der Waals surface area contributed by atoms with Crippen LogP contribution in [0.2, 0.25) is 0 Å².